The van der Waals surface area contributed by atoms with Gasteiger partial charge in [0.15, 0.2) is 5.82 Å². The molecule has 33 heavy (non-hydrogen) atoms. The highest BCUT2D eigenvalue weighted by atomic mass is 16.5. The summed E-state index contributed by atoms with van der Waals surface area (Å²) in [6, 6.07) is 14.4. The molecule has 0 fully saturated rings. The molecule has 3 heterocycles. The summed E-state index contributed by atoms with van der Waals surface area (Å²) >= 11 is 0. The number of nitrogens with zero attached hydrogens (tertiary/aromatic N) is 5. The van der Waals surface area contributed by atoms with Crippen LogP contribution < -0.4 is 9.47 Å². The van der Waals surface area contributed by atoms with Crippen LogP contribution in [0.25, 0.3) is 17.8 Å². The number of imidazole rings is 1. The molecule has 0 saturated heterocycles. The van der Waals surface area contributed by atoms with Crippen LogP contribution in [0.5, 0.6) is 11.5 Å². The summed E-state index contributed by atoms with van der Waals surface area (Å²) in [4.78, 5) is 9.17. The lowest BCUT2D eigenvalue weighted by Crippen LogP contribution is -2.17. The summed E-state index contributed by atoms with van der Waals surface area (Å²) in [7, 11) is 3.37. The summed E-state index contributed by atoms with van der Waals surface area (Å²) in [5, 5.41) is 4.74. The van der Waals surface area contributed by atoms with Crippen LogP contribution >= 0.6 is 0 Å². The molecular formula is C26H27N5O2. The fraction of sp³-hybridized carbons (Fsp3) is 0.269. The van der Waals surface area contributed by atoms with Crippen LogP contribution in [0.3, 0.4) is 0 Å². The lowest BCUT2D eigenvalue weighted by atomic mass is 9.91. The summed E-state index contributed by atoms with van der Waals surface area (Å²) < 4.78 is 14.9. The van der Waals surface area contributed by atoms with Crippen LogP contribution in [-0.2, 0) is 6.54 Å². The van der Waals surface area contributed by atoms with Crippen molar-refractivity contribution in [2.24, 2.45) is 0 Å². The maximum Gasteiger partial charge on any atom is 0.174 e. The van der Waals surface area contributed by atoms with Gasteiger partial charge in [-0.1, -0.05) is 24.3 Å². The largest absolute Gasteiger partial charge is 0.497 e. The predicted octanol–water partition coefficient (Wildman–Crippen LogP) is 4.89. The van der Waals surface area contributed by atoms with Crippen molar-refractivity contribution in [2.45, 2.75) is 32.2 Å². The molecule has 2 aromatic carbocycles. The number of rotatable bonds is 6. The highest BCUT2D eigenvalue weighted by Crippen LogP contribution is 2.33. The fourth-order valence-electron chi connectivity index (χ4n) is 4.33. The van der Waals surface area contributed by atoms with Gasteiger partial charge in [0.05, 0.1) is 31.9 Å². The number of ether oxygens (including phenoxy) is 2. The Bertz CT molecular complexity index is 1290. The number of hydrogen-bond donors (Lipinski definition) is 0. The summed E-state index contributed by atoms with van der Waals surface area (Å²) in [5.41, 5.74) is 4.18. The van der Waals surface area contributed by atoms with Gasteiger partial charge in [0.1, 0.15) is 17.3 Å². The third-order valence-corrected chi connectivity index (χ3v) is 6.03. The molecule has 0 aliphatic carbocycles. The molecule has 5 rings (SSSR count). The zero-order valence-corrected chi connectivity index (χ0v) is 19.1. The molecule has 0 spiro atoms. The van der Waals surface area contributed by atoms with Gasteiger partial charge in [-0.15, -0.1) is 0 Å². The van der Waals surface area contributed by atoms with Crippen molar-refractivity contribution in [3.05, 3.63) is 83.5 Å². The third-order valence-electron chi connectivity index (χ3n) is 6.03. The van der Waals surface area contributed by atoms with Gasteiger partial charge in [-0.3, -0.25) is 0 Å². The standard InChI is InChI=1S/C26H27N5O2/c1-18-16-30(17-27-18)23-12-6-19(15-24(23)33-3)7-13-25-28-26-22(5-4-14-31(26)29-25)20-8-10-21(32-2)11-9-20/h6-13,15-17,22H,4-5,14H2,1-3H3. The number of aromatic nitrogens is 5. The van der Waals surface area contributed by atoms with Crippen molar-refractivity contribution in [1.29, 1.82) is 0 Å². The third kappa shape index (κ3) is 4.26. The highest BCUT2D eigenvalue weighted by molar-refractivity contribution is 5.69. The van der Waals surface area contributed by atoms with Crippen molar-refractivity contribution in [2.75, 3.05) is 14.2 Å². The first-order valence-electron chi connectivity index (χ1n) is 11.1. The van der Waals surface area contributed by atoms with Gasteiger partial charge >= 0.3 is 0 Å². The molecule has 4 aromatic rings. The van der Waals surface area contributed by atoms with Gasteiger partial charge in [0.2, 0.25) is 0 Å². The minimum atomic E-state index is 0.248. The lowest BCUT2D eigenvalue weighted by Gasteiger charge is -2.22. The molecule has 0 radical (unpaired) electrons. The lowest BCUT2D eigenvalue weighted by molar-refractivity contribution is 0.413. The van der Waals surface area contributed by atoms with Gasteiger partial charge < -0.3 is 14.0 Å². The highest BCUT2D eigenvalue weighted by Gasteiger charge is 2.25. The van der Waals surface area contributed by atoms with Crippen LogP contribution in [0.4, 0.5) is 0 Å². The summed E-state index contributed by atoms with van der Waals surface area (Å²) in [6.45, 7) is 2.87. The van der Waals surface area contributed by atoms with Crippen molar-refractivity contribution in [1.82, 2.24) is 24.3 Å². The zero-order chi connectivity index (χ0) is 22.8. The Balaban J connectivity index is 1.39. The molecule has 0 N–H and O–H groups in total. The Hall–Kier alpha value is -3.87. The van der Waals surface area contributed by atoms with Gasteiger partial charge in [-0.2, -0.15) is 5.10 Å². The van der Waals surface area contributed by atoms with E-state index in [9.17, 15) is 0 Å². The van der Waals surface area contributed by atoms with Crippen molar-refractivity contribution in [3.8, 4) is 17.2 Å². The SMILES string of the molecule is COc1ccc(C2CCCn3nc(C=Cc4ccc(-n5cnc(C)c5)c(OC)c4)nc32)cc1. The molecule has 1 unspecified atom stereocenters. The number of hydrogen-bond acceptors (Lipinski definition) is 5. The smallest absolute Gasteiger partial charge is 0.174 e. The summed E-state index contributed by atoms with van der Waals surface area (Å²) in [6.07, 6.45) is 9.91. The molecule has 7 nitrogen and oxygen atoms in total. The van der Waals surface area contributed by atoms with E-state index in [0.29, 0.717) is 0 Å². The molecule has 0 saturated carbocycles. The average molecular weight is 442 g/mol. The Kier molecular flexibility index (Phi) is 5.69. The Morgan fingerprint density at radius 3 is 2.61 bits per heavy atom. The van der Waals surface area contributed by atoms with E-state index in [1.165, 1.54) is 5.56 Å². The van der Waals surface area contributed by atoms with Crippen LogP contribution in [0.15, 0.2) is 55.0 Å². The summed E-state index contributed by atoms with van der Waals surface area (Å²) in [5.74, 6) is 3.64. The number of aryl methyl sites for hydroxylation is 2. The van der Waals surface area contributed by atoms with Gasteiger partial charge in [0.25, 0.3) is 0 Å². The Morgan fingerprint density at radius 1 is 1.03 bits per heavy atom. The van der Waals surface area contributed by atoms with Crippen LogP contribution in [0.2, 0.25) is 0 Å². The first kappa shape index (κ1) is 21.0. The molecule has 0 bridgehead atoms. The van der Waals surface area contributed by atoms with Gasteiger partial charge in [0, 0.05) is 18.7 Å². The second-order valence-corrected chi connectivity index (χ2v) is 8.21. The Labute approximate surface area is 193 Å². The van der Waals surface area contributed by atoms with E-state index in [0.717, 1.165) is 59.5 Å². The maximum atomic E-state index is 5.62. The normalized spacial score (nSPS) is 15.5. The first-order valence-corrected chi connectivity index (χ1v) is 11.1. The topological polar surface area (TPSA) is 67.0 Å². The molecule has 7 heteroatoms. The second-order valence-electron chi connectivity index (χ2n) is 8.21. The van der Waals surface area contributed by atoms with Crippen molar-refractivity contribution in [3.63, 3.8) is 0 Å². The van der Waals surface area contributed by atoms with Gasteiger partial charge in [-0.25, -0.2) is 14.6 Å². The fourth-order valence-corrected chi connectivity index (χ4v) is 4.33. The molecule has 1 atom stereocenters. The van der Waals surface area contributed by atoms with Crippen LogP contribution in [-0.4, -0.2) is 38.5 Å². The van der Waals surface area contributed by atoms with E-state index >= 15 is 0 Å². The van der Waals surface area contributed by atoms with Crippen LogP contribution in [0.1, 0.15) is 47.2 Å². The minimum Gasteiger partial charge on any atom is -0.497 e. The van der Waals surface area contributed by atoms with E-state index in [4.69, 9.17) is 19.6 Å². The van der Waals surface area contributed by atoms with E-state index < -0.39 is 0 Å². The Morgan fingerprint density at radius 2 is 1.88 bits per heavy atom. The first-order chi connectivity index (χ1) is 16.1. The average Bonchev–Trinajstić information content (AvgIpc) is 3.48. The molecule has 168 valence electrons. The second kappa shape index (κ2) is 8.94. The quantitative estimate of drug-likeness (QED) is 0.426. The number of fused-ring (bicyclic) bond motifs is 1. The molecule has 1 aliphatic rings. The van der Waals surface area contributed by atoms with E-state index in [2.05, 4.69) is 23.2 Å². The monoisotopic (exact) mass is 441 g/mol. The molecule has 1 aliphatic heterocycles. The number of methoxy groups -OCH3 is 2. The van der Waals surface area contributed by atoms with Crippen molar-refractivity contribution >= 4 is 12.2 Å². The minimum absolute atomic E-state index is 0.248. The van der Waals surface area contributed by atoms with E-state index in [1.54, 1.807) is 20.5 Å². The molecular weight excluding hydrogens is 414 g/mol. The van der Waals surface area contributed by atoms with E-state index in [-0.39, 0.29) is 5.92 Å². The van der Waals surface area contributed by atoms with Gasteiger partial charge in [-0.05, 0) is 61.2 Å². The zero-order valence-electron chi connectivity index (χ0n) is 19.1. The number of benzene rings is 2. The van der Waals surface area contributed by atoms with Crippen LogP contribution in [0, 0.1) is 6.92 Å². The molecule has 0 amide bonds. The van der Waals surface area contributed by atoms with Crippen molar-refractivity contribution < 1.29 is 9.47 Å². The molecule has 2 aromatic heterocycles. The maximum absolute atomic E-state index is 5.62. The van der Waals surface area contributed by atoms with E-state index in [1.807, 2.05) is 58.8 Å². The predicted molar refractivity (Wildman–Crippen MR) is 128 cm³/mol.